The first-order valence-electron chi connectivity index (χ1n) is 11.6. The first-order valence-corrected chi connectivity index (χ1v) is 12.5. The predicted octanol–water partition coefficient (Wildman–Crippen LogP) is 8.35. The van der Waals surface area contributed by atoms with E-state index in [0.717, 1.165) is 12.8 Å². The Labute approximate surface area is 205 Å². The van der Waals surface area contributed by atoms with Crippen LogP contribution in [0.3, 0.4) is 0 Å². The third-order valence-corrected chi connectivity index (χ3v) is 6.16. The zero-order chi connectivity index (χ0) is 26.3. The summed E-state index contributed by atoms with van der Waals surface area (Å²) in [6, 6.07) is 8.22. The normalized spacial score (nSPS) is 15.3. The van der Waals surface area contributed by atoms with Gasteiger partial charge in [0.1, 0.15) is 11.5 Å². The van der Waals surface area contributed by atoms with E-state index in [1.165, 1.54) is 42.3 Å². The molecule has 0 bridgehead atoms. The highest BCUT2D eigenvalue weighted by atomic mass is 32.2. The van der Waals surface area contributed by atoms with Crippen molar-refractivity contribution >= 4 is 17.7 Å². The molecule has 1 N–H and O–H groups in total. The van der Waals surface area contributed by atoms with Gasteiger partial charge in [-0.2, -0.15) is 13.2 Å². The van der Waals surface area contributed by atoms with Gasteiger partial charge in [0, 0.05) is 10.3 Å². The lowest BCUT2D eigenvalue weighted by Gasteiger charge is -2.34. The summed E-state index contributed by atoms with van der Waals surface area (Å²) in [7, 11) is 0. The maximum Gasteiger partial charge on any atom is 0.456 e. The Hall–Kier alpha value is -1.93. The number of ketones is 1. The standard InChI is InChI=1S/C22H24F4N2OS.2C2H6/c1-20(2,3)30-28-21(4,14-7-8-14)15-11-17(13-5-9-16(23)10-6-13)27-18(12-15)19(29)22(24,25)26;2*1-2/h5-6,9-12,14,28H,7-8H2,1-4H3;2*1-2H3. The van der Waals surface area contributed by atoms with Crippen LogP contribution in [0.25, 0.3) is 11.3 Å². The largest absolute Gasteiger partial charge is 0.456 e. The van der Waals surface area contributed by atoms with Gasteiger partial charge in [-0.15, -0.1) is 0 Å². The van der Waals surface area contributed by atoms with E-state index in [0.29, 0.717) is 11.1 Å². The van der Waals surface area contributed by atoms with Gasteiger partial charge in [0.25, 0.3) is 5.78 Å². The van der Waals surface area contributed by atoms with Gasteiger partial charge >= 0.3 is 6.18 Å². The third kappa shape index (κ3) is 8.08. The van der Waals surface area contributed by atoms with Crippen LogP contribution in [0.4, 0.5) is 17.6 Å². The molecule has 1 unspecified atom stereocenters. The number of hydrogen-bond acceptors (Lipinski definition) is 4. The molecule has 0 aliphatic heterocycles. The summed E-state index contributed by atoms with van der Waals surface area (Å²) in [5.41, 5.74) is -0.0981. The summed E-state index contributed by atoms with van der Waals surface area (Å²) in [4.78, 5) is 16.0. The third-order valence-electron chi connectivity index (χ3n) is 5.02. The molecule has 1 saturated carbocycles. The van der Waals surface area contributed by atoms with Crippen molar-refractivity contribution in [3.8, 4) is 11.3 Å². The summed E-state index contributed by atoms with van der Waals surface area (Å²) in [5, 5.41) is 0. The molecule has 0 spiro atoms. The van der Waals surface area contributed by atoms with E-state index in [1.54, 1.807) is 6.07 Å². The number of hydrogen-bond donors (Lipinski definition) is 1. The van der Waals surface area contributed by atoms with Gasteiger partial charge in [-0.1, -0.05) is 39.6 Å². The fourth-order valence-corrected chi connectivity index (χ4v) is 3.96. The molecule has 0 amide bonds. The Balaban J connectivity index is 0.00000137. The number of pyridine rings is 1. The molecule has 1 aromatic carbocycles. The van der Waals surface area contributed by atoms with Crippen molar-refractivity contribution in [2.45, 2.75) is 84.7 Å². The van der Waals surface area contributed by atoms with E-state index < -0.39 is 29.0 Å². The van der Waals surface area contributed by atoms with E-state index >= 15 is 0 Å². The number of nitrogens with zero attached hydrogens (tertiary/aromatic N) is 1. The maximum atomic E-state index is 13.3. The van der Waals surface area contributed by atoms with Crippen LogP contribution in [0.15, 0.2) is 36.4 Å². The van der Waals surface area contributed by atoms with Gasteiger partial charge in [0.05, 0.1) is 11.2 Å². The topological polar surface area (TPSA) is 42.0 Å². The number of benzene rings is 1. The summed E-state index contributed by atoms with van der Waals surface area (Å²) >= 11 is 1.50. The molecule has 34 heavy (non-hydrogen) atoms. The second kappa shape index (κ2) is 12.2. The van der Waals surface area contributed by atoms with Crippen LogP contribution >= 0.6 is 11.9 Å². The molecule has 1 aromatic heterocycles. The zero-order valence-corrected chi connectivity index (χ0v) is 22.0. The average molecular weight is 501 g/mol. The first kappa shape index (κ1) is 30.1. The van der Waals surface area contributed by atoms with Crippen molar-refractivity contribution in [3.05, 3.63) is 53.5 Å². The molecule has 190 valence electrons. The van der Waals surface area contributed by atoms with Crippen LogP contribution in [0.1, 0.15) is 84.3 Å². The van der Waals surface area contributed by atoms with Crippen LogP contribution in [-0.4, -0.2) is 21.7 Å². The van der Waals surface area contributed by atoms with E-state index in [2.05, 4.69) is 9.71 Å². The Kier molecular flexibility index (Phi) is 10.8. The number of rotatable bonds is 6. The van der Waals surface area contributed by atoms with Crippen molar-refractivity contribution in [1.82, 2.24) is 9.71 Å². The quantitative estimate of drug-likeness (QED) is 0.246. The van der Waals surface area contributed by atoms with E-state index in [-0.39, 0.29) is 16.4 Å². The number of carbonyl (C=O) groups excluding carboxylic acids is 1. The van der Waals surface area contributed by atoms with Gasteiger partial charge in [-0.3, -0.25) is 9.52 Å². The van der Waals surface area contributed by atoms with Gasteiger partial charge in [-0.05, 0) is 88.4 Å². The highest BCUT2D eigenvalue weighted by Gasteiger charge is 2.45. The monoisotopic (exact) mass is 500 g/mol. The van der Waals surface area contributed by atoms with Crippen LogP contribution in [0.2, 0.25) is 0 Å². The summed E-state index contributed by atoms with van der Waals surface area (Å²) in [6.07, 6.45) is -3.16. The molecule has 1 aliphatic rings. The minimum absolute atomic E-state index is 0.117. The Morgan fingerprint density at radius 2 is 1.50 bits per heavy atom. The second-order valence-electron chi connectivity index (χ2n) is 8.75. The van der Waals surface area contributed by atoms with Gasteiger partial charge < -0.3 is 0 Å². The van der Waals surface area contributed by atoms with Crippen LogP contribution in [0.5, 0.6) is 0 Å². The van der Waals surface area contributed by atoms with Crippen LogP contribution in [-0.2, 0) is 5.54 Å². The van der Waals surface area contributed by atoms with E-state index in [4.69, 9.17) is 0 Å². The molecular weight excluding hydrogens is 464 g/mol. The number of alkyl halides is 3. The van der Waals surface area contributed by atoms with Gasteiger partial charge in [0.15, 0.2) is 0 Å². The predicted molar refractivity (Wildman–Crippen MR) is 133 cm³/mol. The second-order valence-corrected chi connectivity index (χ2v) is 10.4. The summed E-state index contributed by atoms with van der Waals surface area (Å²) < 4.78 is 56.2. The molecular formula is C26H36F4N2OS. The van der Waals surface area contributed by atoms with E-state index in [1.807, 2.05) is 55.4 Å². The molecule has 1 atom stereocenters. The molecule has 0 saturated heterocycles. The smallest absolute Gasteiger partial charge is 0.282 e. The molecule has 3 rings (SSSR count). The lowest BCUT2D eigenvalue weighted by Crippen LogP contribution is -2.40. The van der Waals surface area contributed by atoms with Crippen molar-refractivity contribution in [2.24, 2.45) is 5.92 Å². The highest BCUT2D eigenvalue weighted by molar-refractivity contribution is 7.98. The fraction of sp³-hybridized carbons (Fsp3) is 0.538. The number of halogens is 4. The first-order chi connectivity index (χ1) is 15.8. The molecule has 8 heteroatoms. The van der Waals surface area contributed by atoms with Crippen molar-refractivity contribution in [3.63, 3.8) is 0 Å². The molecule has 1 fully saturated rings. The van der Waals surface area contributed by atoms with Crippen molar-refractivity contribution < 1.29 is 22.4 Å². The Morgan fingerprint density at radius 1 is 0.971 bits per heavy atom. The molecule has 1 heterocycles. The van der Waals surface area contributed by atoms with Crippen molar-refractivity contribution in [2.75, 3.05) is 0 Å². The fourth-order valence-electron chi connectivity index (χ4n) is 3.16. The van der Waals surface area contributed by atoms with Gasteiger partial charge in [0.2, 0.25) is 0 Å². The number of Topliss-reactive ketones (excluding diaryl/α,β-unsaturated/α-hetero) is 1. The highest BCUT2D eigenvalue weighted by Crippen LogP contribution is 2.48. The summed E-state index contributed by atoms with van der Waals surface area (Å²) in [5.74, 6) is -2.23. The number of aromatic nitrogens is 1. The number of carbonyl (C=O) groups is 1. The minimum Gasteiger partial charge on any atom is -0.282 e. The van der Waals surface area contributed by atoms with Crippen LogP contribution in [0, 0.1) is 11.7 Å². The maximum absolute atomic E-state index is 13.3. The Bertz CT molecular complexity index is 935. The molecule has 3 nitrogen and oxygen atoms in total. The van der Waals surface area contributed by atoms with Crippen LogP contribution < -0.4 is 4.72 Å². The summed E-state index contributed by atoms with van der Waals surface area (Å²) in [6.45, 7) is 16.0. The number of nitrogens with one attached hydrogen (secondary N) is 1. The van der Waals surface area contributed by atoms with E-state index in [9.17, 15) is 22.4 Å². The minimum atomic E-state index is -5.03. The molecule has 0 radical (unpaired) electrons. The lowest BCUT2D eigenvalue weighted by molar-refractivity contribution is -0.0888. The molecule has 2 aromatic rings. The van der Waals surface area contributed by atoms with Crippen molar-refractivity contribution in [1.29, 1.82) is 0 Å². The Morgan fingerprint density at radius 3 is 1.94 bits per heavy atom. The lowest BCUT2D eigenvalue weighted by atomic mass is 9.87. The average Bonchev–Trinajstić information content (AvgIpc) is 3.65. The van der Waals surface area contributed by atoms with Gasteiger partial charge in [-0.25, -0.2) is 9.37 Å². The molecule has 1 aliphatic carbocycles. The zero-order valence-electron chi connectivity index (χ0n) is 21.2. The SMILES string of the molecule is CC.CC.CC(C)(C)SNC(C)(c1cc(C(=O)C(F)(F)F)nc(-c2ccc(F)cc2)c1)C1CC1.